The summed E-state index contributed by atoms with van der Waals surface area (Å²) >= 11 is 0. The first-order chi connectivity index (χ1) is 13.6. The van der Waals surface area contributed by atoms with E-state index in [1.165, 1.54) is 6.92 Å². The smallest absolute Gasteiger partial charge is 0.316 e. The third-order valence-corrected chi connectivity index (χ3v) is 8.62. The van der Waals surface area contributed by atoms with Crippen LogP contribution in [0.4, 0.5) is 0 Å². The van der Waals surface area contributed by atoms with Crippen LogP contribution in [0.15, 0.2) is 11.6 Å². The molecule has 29 heavy (non-hydrogen) atoms. The second-order valence-electron chi connectivity index (χ2n) is 10.0. The molecule has 10 atom stereocenters. The quantitative estimate of drug-likeness (QED) is 0.276. The first-order valence-corrected chi connectivity index (χ1v) is 10.7. The number of ether oxygens (including phenoxy) is 1. The van der Waals surface area contributed by atoms with E-state index >= 15 is 0 Å². The number of carbonyl (C=O) groups is 1. The molecule has 3 fully saturated rings. The lowest BCUT2D eigenvalue weighted by Gasteiger charge is -2.59. The monoisotopic (exact) mass is 404 g/mol. The molecule has 0 amide bonds. The Balaban J connectivity index is 1.80. The fourth-order valence-electron chi connectivity index (χ4n) is 7.03. The number of esters is 1. The van der Waals surface area contributed by atoms with E-state index in [4.69, 9.17) is 4.74 Å². The van der Waals surface area contributed by atoms with Crippen molar-refractivity contribution in [2.24, 2.45) is 34.5 Å². The predicted octanol–water partition coefficient (Wildman–Crippen LogP) is 1.36. The number of fused-ring (bicyclic) bond motifs is 5. The number of allylic oxidation sites excluding steroid dienone is 1. The van der Waals surface area contributed by atoms with E-state index in [0.29, 0.717) is 12.8 Å². The molecule has 160 valence electrons. The number of rotatable bonds is 0. The van der Waals surface area contributed by atoms with E-state index in [-0.39, 0.29) is 34.5 Å². The molecule has 4 aliphatic carbocycles. The zero-order chi connectivity index (χ0) is 21.1. The molecule has 0 aromatic carbocycles. The highest BCUT2D eigenvalue weighted by Gasteiger charge is 2.63. The Kier molecular flexibility index (Phi) is 5.10. The molecule has 0 heterocycles. The third-order valence-electron chi connectivity index (χ3n) is 8.62. The normalized spacial score (nSPS) is 50.9. The lowest BCUT2D eigenvalue weighted by Crippen LogP contribution is -2.56. The van der Waals surface area contributed by atoms with Crippen LogP contribution in [0, 0.1) is 46.5 Å². The summed E-state index contributed by atoms with van der Waals surface area (Å²) in [6, 6.07) is 0. The van der Waals surface area contributed by atoms with Crippen molar-refractivity contribution < 1.29 is 30.0 Å². The zero-order valence-corrected chi connectivity index (χ0v) is 17.3. The summed E-state index contributed by atoms with van der Waals surface area (Å²) in [6.07, 6.45) is 4.82. The molecule has 5 unspecified atom stereocenters. The van der Waals surface area contributed by atoms with Crippen LogP contribution in [0.5, 0.6) is 0 Å². The molecule has 0 spiro atoms. The van der Waals surface area contributed by atoms with E-state index in [0.717, 1.165) is 24.8 Å². The molecule has 0 bridgehead atoms. The van der Waals surface area contributed by atoms with Gasteiger partial charge in [-0.2, -0.15) is 0 Å². The van der Waals surface area contributed by atoms with Gasteiger partial charge in [-0.25, -0.2) is 0 Å². The lowest BCUT2D eigenvalue weighted by molar-refractivity contribution is -0.134. The minimum atomic E-state index is -0.916. The van der Waals surface area contributed by atoms with Gasteiger partial charge in [-0.3, -0.25) is 4.79 Å². The molecule has 4 aliphatic rings. The van der Waals surface area contributed by atoms with Gasteiger partial charge in [-0.1, -0.05) is 25.8 Å². The maximum atomic E-state index is 11.2. The fourth-order valence-corrected chi connectivity index (χ4v) is 7.03. The van der Waals surface area contributed by atoms with Crippen LogP contribution in [0.1, 0.15) is 52.9 Å². The Morgan fingerprint density at radius 1 is 1.10 bits per heavy atom. The van der Waals surface area contributed by atoms with Crippen LogP contribution < -0.4 is 0 Å². The largest absolute Gasteiger partial charge is 0.390 e. The van der Waals surface area contributed by atoms with Crippen LogP contribution >= 0.6 is 0 Å². The molecular formula is C23H32O6. The van der Waals surface area contributed by atoms with Crippen LogP contribution in [-0.4, -0.2) is 50.8 Å². The number of aliphatic hydroxyl groups is 4. The summed E-state index contributed by atoms with van der Waals surface area (Å²) in [5, 5.41) is 42.2. The van der Waals surface area contributed by atoms with Gasteiger partial charge in [0.25, 0.3) is 0 Å². The van der Waals surface area contributed by atoms with Gasteiger partial charge < -0.3 is 25.2 Å². The summed E-state index contributed by atoms with van der Waals surface area (Å²) < 4.78 is 4.87. The van der Waals surface area contributed by atoms with Crippen LogP contribution in [0.2, 0.25) is 0 Å². The Bertz CT molecular complexity index is 780. The maximum Gasteiger partial charge on any atom is 0.316 e. The standard InChI is InChI=1S/C23H32O6/c1-12(24)29-9-6-13-10-16-20(27)17(25)5-8-22(16,2)14-4-7-23(3)15(19(13)14)11-18(26)21(23)28/h10,13-15,17-21,25-28H,4-5,7-8,11H2,1-3H3/t13?,14-,15+,17?,18?,19-,20?,21?,22-,23+/m1/s1. The molecule has 0 aromatic rings. The molecule has 3 saturated carbocycles. The average Bonchev–Trinajstić information content (AvgIpc) is 2.89. The Labute approximate surface area is 172 Å². The van der Waals surface area contributed by atoms with Crippen molar-refractivity contribution in [3.8, 4) is 12.0 Å². The van der Waals surface area contributed by atoms with Gasteiger partial charge in [-0.15, -0.1) is 0 Å². The van der Waals surface area contributed by atoms with E-state index in [1.54, 1.807) is 0 Å². The van der Waals surface area contributed by atoms with Gasteiger partial charge in [0.15, 0.2) is 0 Å². The van der Waals surface area contributed by atoms with Crippen molar-refractivity contribution in [2.45, 2.75) is 77.3 Å². The Hall–Kier alpha value is -1.39. The Morgan fingerprint density at radius 2 is 1.83 bits per heavy atom. The van der Waals surface area contributed by atoms with E-state index in [1.807, 2.05) is 6.08 Å². The summed E-state index contributed by atoms with van der Waals surface area (Å²) in [7, 11) is 0. The number of hydrogen-bond acceptors (Lipinski definition) is 6. The van der Waals surface area contributed by atoms with Gasteiger partial charge in [0, 0.05) is 12.8 Å². The average molecular weight is 405 g/mol. The molecular weight excluding hydrogens is 372 g/mol. The third kappa shape index (κ3) is 3.06. The fraction of sp³-hybridized carbons (Fsp3) is 0.783. The Morgan fingerprint density at radius 3 is 2.52 bits per heavy atom. The zero-order valence-electron chi connectivity index (χ0n) is 17.3. The van der Waals surface area contributed by atoms with Gasteiger partial charge in [-0.05, 0) is 66.3 Å². The summed E-state index contributed by atoms with van der Waals surface area (Å²) in [6.45, 7) is 5.54. The summed E-state index contributed by atoms with van der Waals surface area (Å²) in [5.41, 5.74) is 0.210. The van der Waals surface area contributed by atoms with Gasteiger partial charge >= 0.3 is 5.97 Å². The van der Waals surface area contributed by atoms with Crippen molar-refractivity contribution in [3.63, 3.8) is 0 Å². The molecule has 0 radical (unpaired) electrons. The van der Waals surface area contributed by atoms with Crippen molar-refractivity contribution in [3.05, 3.63) is 11.6 Å². The molecule has 6 nitrogen and oxygen atoms in total. The number of carbonyl (C=O) groups excluding carboxylic acids is 1. The second-order valence-corrected chi connectivity index (χ2v) is 10.0. The molecule has 4 rings (SSSR count). The van der Waals surface area contributed by atoms with Crippen LogP contribution in [0.25, 0.3) is 0 Å². The maximum absolute atomic E-state index is 11.2. The lowest BCUT2D eigenvalue weighted by atomic mass is 9.45. The predicted molar refractivity (Wildman–Crippen MR) is 105 cm³/mol. The molecule has 4 N–H and O–H groups in total. The summed E-state index contributed by atoms with van der Waals surface area (Å²) in [5.74, 6) is 2.71. The van der Waals surface area contributed by atoms with Gasteiger partial charge in [0.2, 0.25) is 0 Å². The SMILES string of the molecule is CC(=O)OC#CC1C=C2C(O)C(O)CC[C@]2(C)[C@@H]2CC[C@]3(C)C(O)C(O)C[C@H]3[C@H]12. The first kappa shape index (κ1) is 20.9. The van der Waals surface area contributed by atoms with Crippen molar-refractivity contribution in [1.29, 1.82) is 0 Å². The highest BCUT2D eigenvalue weighted by molar-refractivity contribution is 5.67. The van der Waals surface area contributed by atoms with E-state index < -0.39 is 30.4 Å². The highest BCUT2D eigenvalue weighted by Crippen LogP contribution is 2.65. The van der Waals surface area contributed by atoms with Crippen molar-refractivity contribution in [1.82, 2.24) is 0 Å². The van der Waals surface area contributed by atoms with E-state index in [2.05, 4.69) is 25.9 Å². The van der Waals surface area contributed by atoms with E-state index in [9.17, 15) is 25.2 Å². The summed E-state index contributed by atoms with van der Waals surface area (Å²) in [4.78, 5) is 11.2. The number of aliphatic hydroxyl groups excluding tert-OH is 4. The van der Waals surface area contributed by atoms with Crippen molar-refractivity contribution >= 4 is 5.97 Å². The second kappa shape index (κ2) is 7.09. The first-order valence-electron chi connectivity index (χ1n) is 10.7. The molecule has 0 aliphatic heterocycles. The molecule has 0 saturated heterocycles. The molecule has 0 aromatic heterocycles. The van der Waals surface area contributed by atoms with Gasteiger partial charge in [0.05, 0.1) is 18.3 Å². The van der Waals surface area contributed by atoms with Crippen LogP contribution in [0.3, 0.4) is 0 Å². The van der Waals surface area contributed by atoms with Crippen molar-refractivity contribution in [2.75, 3.05) is 0 Å². The highest BCUT2D eigenvalue weighted by atomic mass is 16.5. The minimum absolute atomic E-state index is 0.0831. The topological polar surface area (TPSA) is 107 Å². The minimum Gasteiger partial charge on any atom is -0.390 e. The molecule has 6 heteroatoms. The van der Waals surface area contributed by atoms with Gasteiger partial charge in [0.1, 0.15) is 12.2 Å². The number of hydrogen-bond donors (Lipinski definition) is 4. The van der Waals surface area contributed by atoms with Crippen LogP contribution in [-0.2, 0) is 9.53 Å².